The van der Waals surface area contributed by atoms with E-state index >= 15 is 0 Å². The average Bonchev–Trinajstić information content (AvgIpc) is 2.63. The molecule has 2 heterocycles. The van der Waals surface area contributed by atoms with Crippen LogP contribution in [0.5, 0.6) is 0 Å². The molecule has 1 aromatic heterocycles. The van der Waals surface area contributed by atoms with E-state index in [9.17, 15) is 4.79 Å². The molecule has 1 saturated heterocycles. The first-order valence-electron chi connectivity index (χ1n) is 8.13. The number of nitrogens with one attached hydrogen (secondary N) is 2. The number of amides is 2. The van der Waals surface area contributed by atoms with Crippen LogP contribution in [0.2, 0.25) is 0 Å². The minimum Gasteiger partial charge on any atom is -0.379 e. The summed E-state index contributed by atoms with van der Waals surface area (Å²) in [5.74, 6) is 0. The molecule has 24 heavy (non-hydrogen) atoms. The number of hydrogen-bond acceptors (Lipinski definition) is 4. The monoisotopic (exact) mass is 326 g/mol. The van der Waals surface area contributed by atoms with Gasteiger partial charge in [-0.3, -0.25) is 9.88 Å². The summed E-state index contributed by atoms with van der Waals surface area (Å²) in [7, 11) is 0. The van der Waals surface area contributed by atoms with E-state index in [-0.39, 0.29) is 6.03 Å². The summed E-state index contributed by atoms with van der Waals surface area (Å²) >= 11 is 0. The van der Waals surface area contributed by atoms with Gasteiger partial charge in [-0.15, -0.1) is 0 Å². The molecule has 0 unspecified atom stereocenters. The lowest BCUT2D eigenvalue weighted by Crippen LogP contribution is -2.36. The van der Waals surface area contributed by atoms with Crippen molar-refractivity contribution in [3.05, 3.63) is 59.9 Å². The van der Waals surface area contributed by atoms with E-state index in [0.29, 0.717) is 6.54 Å². The first kappa shape index (κ1) is 16.4. The molecule has 3 rings (SSSR count). The predicted molar refractivity (Wildman–Crippen MR) is 92.6 cm³/mol. The second kappa shape index (κ2) is 8.42. The fourth-order valence-electron chi connectivity index (χ4n) is 2.67. The zero-order valence-electron chi connectivity index (χ0n) is 13.6. The fraction of sp³-hybridized carbons (Fsp3) is 0.333. The Kier molecular flexibility index (Phi) is 5.76. The van der Waals surface area contributed by atoms with Crippen LogP contribution in [0.25, 0.3) is 0 Å². The number of urea groups is 1. The molecule has 1 fully saturated rings. The lowest BCUT2D eigenvalue weighted by atomic mass is 10.1. The van der Waals surface area contributed by atoms with E-state index in [4.69, 9.17) is 4.74 Å². The molecule has 2 N–H and O–H groups in total. The van der Waals surface area contributed by atoms with E-state index in [0.717, 1.165) is 44.1 Å². The van der Waals surface area contributed by atoms with Crippen LogP contribution >= 0.6 is 0 Å². The molecule has 0 radical (unpaired) electrons. The average molecular weight is 326 g/mol. The Morgan fingerprint density at radius 1 is 1.08 bits per heavy atom. The number of ether oxygens (including phenoxy) is 1. The topological polar surface area (TPSA) is 66.5 Å². The minimum atomic E-state index is -0.220. The van der Waals surface area contributed by atoms with Gasteiger partial charge in [0, 0.05) is 44.3 Å². The number of pyridine rings is 1. The molecule has 6 heteroatoms. The molecular formula is C18H22N4O2. The number of carbonyl (C=O) groups is 1. The largest absolute Gasteiger partial charge is 0.379 e. The molecule has 0 bridgehead atoms. The van der Waals surface area contributed by atoms with Crippen LogP contribution in [-0.2, 0) is 17.8 Å². The number of benzene rings is 1. The third-order valence-corrected chi connectivity index (χ3v) is 3.99. The second-order valence-corrected chi connectivity index (χ2v) is 5.70. The van der Waals surface area contributed by atoms with Crippen LogP contribution in [-0.4, -0.2) is 42.2 Å². The van der Waals surface area contributed by atoms with Gasteiger partial charge in [0.05, 0.1) is 13.2 Å². The third kappa shape index (κ3) is 4.78. The van der Waals surface area contributed by atoms with Crippen LogP contribution in [0.3, 0.4) is 0 Å². The van der Waals surface area contributed by atoms with Crippen molar-refractivity contribution >= 4 is 11.7 Å². The van der Waals surface area contributed by atoms with Crippen molar-refractivity contribution in [1.29, 1.82) is 0 Å². The Labute approximate surface area is 141 Å². The van der Waals surface area contributed by atoms with Crippen molar-refractivity contribution in [2.75, 3.05) is 31.6 Å². The second-order valence-electron chi connectivity index (χ2n) is 5.70. The van der Waals surface area contributed by atoms with Crippen molar-refractivity contribution in [3.63, 3.8) is 0 Å². The van der Waals surface area contributed by atoms with E-state index in [1.54, 1.807) is 24.5 Å². The number of carbonyl (C=O) groups excluding carboxylic acids is 1. The Morgan fingerprint density at radius 2 is 1.79 bits per heavy atom. The highest BCUT2D eigenvalue weighted by Crippen LogP contribution is 2.13. The van der Waals surface area contributed by atoms with Gasteiger partial charge in [-0.2, -0.15) is 0 Å². The Bertz CT molecular complexity index is 657. The number of morpholine rings is 1. The normalized spacial score (nSPS) is 15.0. The molecule has 0 spiro atoms. The van der Waals surface area contributed by atoms with Gasteiger partial charge in [0.1, 0.15) is 0 Å². The zero-order valence-corrected chi connectivity index (χ0v) is 13.6. The molecule has 2 amide bonds. The van der Waals surface area contributed by atoms with Crippen molar-refractivity contribution in [3.8, 4) is 0 Å². The van der Waals surface area contributed by atoms with Gasteiger partial charge in [0.15, 0.2) is 0 Å². The molecule has 0 atom stereocenters. The first-order valence-corrected chi connectivity index (χ1v) is 8.13. The SMILES string of the molecule is O=C(NCc1ccccc1CN1CCOCC1)Nc1ccncc1. The molecule has 126 valence electrons. The van der Waals surface area contributed by atoms with Gasteiger partial charge in [-0.05, 0) is 23.3 Å². The van der Waals surface area contributed by atoms with Gasteiger partial charge < -0.3 is 15.4 Å². The maximum atomic E-state index is 12.0. The maximum Gasteiger partial charge on any atom is 0.319 e. The van der Waals surface area contributed by atoms with Crippen LogP contribution in [0.4, 0.5) is 10.5 Å². The van der Waals surface area contributed by atoms with Crippen molar-refractivity contribution < 1.29 is 9.53 Å². The number of aromatic nitrogens is 1. The van der Waals surface area contributed by atoms with E-state index in [1.807, 2.05) is 12.1 Å². The zero-order chi connectivity index (χ0) is 16.6. The first-order chi connectivity index (χ1) is 11.8. The minimum absolute atomic E-state index is 0.220. The number of nitrogens with zero attached hydrogens (tertiary/aromatic N) is 2. The molecular weight excluding hydrogens is 304 g/mol. The van der Waals surface area contributed by atoms with Crippen molar-refractivity contribution in [1.82, 2.24) is 15.2 Å². The van der Waals surface area contributed by atoms with Gasteiger partial charge in [-0.1, -0.05) is 24.3 Å². The molecule has 0 aliphatic carbocycles. The van der Waals surface area contributed by atoms with Crippen LogP contribution < -0.4 is 10.6 Å². The molecule has 1 aliphatic heterocycles. The van der Waals surface area contributed by atoms with Crippen LogP contribution in [0.15, 0.2) is 48.8 Å². The highest BCUT2D eigenvalue weighted by molar-refractivity contribution is 5.89. The molecule has 0 saturated carbocycles. The van der Waals surface area contributed by atoms with Crippen molar-refractivity contribution in [2.45, 2.75) is 13.1 Å². The van der Waals surface area contributed by atoms with Crippen LogP contribution in [0.1, 0.15) is 11.1 Å². The number of hydrogen-bond donors (Lipinski definition) is 2. The van der Waals surface area contributed by atoms with Crippen LogP contribution in [0, 0.1) is 0 Å². The highest BCUT2D eigenvalue weighted by atomic mass is 16.5. The number of rotatable bonds is 5. The lowest BCUT2D eigenvalue weighted by Gasteiger charge is -2.27. The molecule has 1 aliphatic rings. The van der Waals surface area contributed by atoms with E-state index in [2.05, 4.69) is 32.7 Å². The summed E-state index contributed by atoms with van der Waals surface area (Å²) in [6.45, 7) is 4.85. The summed E-state index contributed by atoms with van der Waals surface area (Å²) in [6, 6.07) is 11.5. The summed E-state index contributed by atoms with van der Waals surface area (Å²) in [4.78, 5) is 18.3. The summed E-state index contributed by atoms with van der Waals surface area (Å²) < 4.78 is 5.39. The highest BCUT2D eigenvalue weighted by Gasteiger charge is 2.13. The Hall–Kier alpha value is -2.44. The van der Waals surface area contributed by atoms with Gasteiger partial charge in [0.2, 0.25) is 0 Å². The summed E-state index contributed by atoms with van der Waals surface area (Å²) in [6.07, 6.45) is 3.29. The quantitative estimate of drug-likeness (QED) is 0.884. The fourth-order valence-corrected chi connectivity index (χ4v) is 2.67. The summed E-state index contributed by atoms with van der Waals surface area (Å²) in [5, 5.41) is 5.71. The Balaban J connectivity index is 1.55. The van der Waals surface area contributed by atoms with Gasteiger partial charge in [-0.25, -0.2) is 4.79 Å². The smallest absolute Gasteiger partial charge is 0.319 e. The predicted octanol–water partition coefficient (Wildman–Crippen LogP) is 2.24. The van der Waals surface area contributed by atoms with E-state index in [1.165, 1.54) is 5.56 Å². The number of anilines is 1. The lowest BCUT2D eigenvalue weighted by molar-refractivity contribution is 0.0341. The van der Waals surface area contributed by atoms with E-state index < -0.39 is 0 Å². The molecule has 2 aromatic rings. The maximum absolute atomic E-state index is 12.0. The van der Waals surface area contributed by atoms with Gasteiger partial charge >= 0.3 is 6.03 Å². The molecule has 1 aromatic carbocycles. The van der Waals surface area contributed by atoms with Crippen molar-refractivity contribution in [2.24, 2.45) is 0 Å². The Morgan fingerprint density at radius 3 is 2.54 bits per heavy atom. The van der Waals surface area contributed by atoms with Gasteiger partial charge in [0.25, 0.3) is 0 Å². The molecule has 6 nitrogen and oxygen atoms in total. The third-order valence-electron chi connectivity index (χ3n) is 3.99. The standard InChI is InChI=1S/C18H22N4O2/c23-18(21-17-5-7-19-8-6-17)20-13-15-3-1-2-4-16(15)14-22-9-11-24-12-10-22/h1-8H,9-14H2,(H2,19,20,21,23). The summed E-state index contributed by atoms with van der Waals surface area (Å²) in [5.41, 5.74) is 3.10.